The van der Waals surface area contributed by atoms with E-state index in [1.807, 2.05) is 0 Å². The van der Waals surface area contributed by atoms with Crippen molar-refractivity contribution in [1.29, 1.82) is 5.26 Å². The fourth-order valence-corrected chi connectivity index (χ4v) is 1.77. The van der Waals surface area contributed by atoms with Crippen LogP contribution < -0.4 is 0 Å². The van der Waals surface area contributed by atoms with E-state index in [9.17, 15) is 0 Å². The van der Waals surface area contributed by atoms with Crippen molar-refractivity contribution in [2.24, 2.45) is 0 Å². The highest BCUT2D eigenvalue weighted by Crippen LogP contribution is 2.14. The second-order valence-corrected chi connectivity index (χ2v) is 3.68. The predicted molar refractivity (Wildman–Crippen MR) is 49.7 cm³/mol. The van der Waals surface area contributed by atoms with Crippen LogP contribution in [-0.2, 0) is 0 Å². The summed E-state index contributed by atoms with van der Waals surface area (Å²) in [7, 11) is 2.07. The molecule has 1 fully saturated rings. The van der Waals surface area contributed by atoms with Gasteiger partial charge in [0.1, 0.15) is 0 Å². The first-order valence-corrected chi connectivity index (χ1v) is 4.94. The molecule has 0 N–H and O–H groups in total. The molecule has 2 heteroatoms. The quantitative estimate of drug-likeness (QED) is 0.551. The highest BCUT2D eigenvalue weighted by atomic mass is 15.1. The zero-order valence-corrected chi connectivity index (χ0v) is 7.92. The minimum atomic E-state index is 0.170. The second-order valence-electron chi connectivity index (χ2n) is 3.68. The van der Waals surface area contributed by atoms with Crippen molar-refractivity contribution < 1.29 is 0 Å². The van der Waals surface area contributed by atoms with Crippen LogP contribution in [0.15, 0.2) is 0 Å². The molecule has 0 aromatic rings. The maximum Gasteiger partial charge on any atom is 0.0975 e. The zero-order chi connectivity index (χ0) is 8.81. The lowest BCUT2D eigenvalue weighted by molar-refractivity contribution is 0.274. The van der Waals surface area contributed by atoms with Gasteiger partial charge in [-0.3, -0.25) is 4.90 Å². The number of hydrogen-bond donors (Lipinski definition) is 0. The van der Waals surface area contributed by atoms with Crippen LogP contribution in [0.5, 0.6) is 0 Å². The molecule has 0 amide bonds. The van der Waals surface area contributed by atoms with Crippen LogP contribution in [0.1, 0.15) is 38.5 Å². The summed E-state index contributed by atoms with van der Waals surface area (Å²) in [6.07, 6.45) is 7.55. The van der Waals surface area contributed by atoms with Crippen molar-refractivity contribution in [2.75, 3.05) is 13.6 Å². The van der Waals surface area contributed by atoms with Gasteiger partial charge in [-0.2, -0.15) is 5.26 Å². The van der Waals surface area contributed by atoms with E-state index in [2.05, 4.69) is 18.0 Å². The van der Waals surface area contributed by atoms with E-state index in [0.29, 0.717) is 0 Å². The Morgan fingerprint density at radius 2 is 1.83 bits per heavy atom. The van der Waals surface area contributed by atoms with Gasteiger partial charge in [-0.25, -0.2) is 0 Å². The summed E-state index contributed by atoms with van der Waals surface area (Å²) in [4.78, 5) is 2.20. The fraction of sp³-hybridized carbons (Fsp3) is 0.900. The largest absolute Gasteiger partial charge is 0.291 e. The highest BCUT2D eigenvalue weighted by Gasteiger charge is 2.13. The maximum atomic E-state index is 8.88. The summed E-state index contributed by atoms with van der Waals surface area (Å²) < 4.78 is 0. The van der Waals surface area contributed by atoms with Crippen molar-refractivity contribution in [2.45, 2.75) is 44.6 Å². The SMILES string of the molecule is CN1CCCCCCCC1C#N. The number of nitriles is 1. The number of nitrogens with zero attached hydrogens (tertiary/aromatic N) is 2. The van der Waals surface area contributed by atoms with Crippen LogP contribution in [0, 0.1) is 11.3 Å². The van der Waals surface area contributed by atoms with Crippen LogP contribution in [0.4, 0.5) is 0 Å². The van der Waals surface area contributed by atoms with Gasteiger partial charge in [0.05, 0.1) is 12.1 Å². The summed E-state index contributed by atoms with van der Waals surface area (Å²) >= 11 is 0. The third kappa shape index (κ3) is 2.83. The monoisotopic (exact) mass is 166 g/mol. The van der Waals surface area contributed by atoms with E-state index < -0.39 is 0 Å². The van der Waals surface area contributed by atoms with Crippen LogP contribution in [0.3, 0.4) is 0 Å². The summed E-state index contributed by atoms with van der Waals surface area (Å²) in [6.45, 7) is 1.10. The van der Waals surface area contributed by atoms with Crippen LogP contribution in [0.25, 0.3) is 0 Å². The molecule has 2 nitrogen and oxygen atoms in total. The van der Waals surface area contributed by atoms with Gasteiger partial charge >= 0.3 is 0 Å². The fourth-order valence-electron chi connectivity index (χ4n) is 1.77. The Kier molecular flexibility index (Phi) is 4.10. The maximum absolute atomic E-state index is 8.88. The van der Waals surface area contributed by atoms with E-state index in [-0.39, 0.29) is 6.04 Å². The molecule has 68 valence electrons. The molecule has 1 aliphatic rings. The lowest BCUT2D eigenvalue weighted by Crippen LogP contribution is -2.30. The molecule has 12 heavy (non-hydrogen) atoms. The molecule has 0 bridgehead atoms. The van der Waals surface area contributed by atoms with Gasteiger partial charge in [0.15, 0.2) is 0 Å². The molecule has 1 heterocycles. The Balaban J connectivity index is 2.42. The number of rotatable bonds is 0. The van der Waals surface area contributed by atoms with Gasteiger partial charge in [0.25, 0.3) is 0 Å². The van der Waals surface area contributed by atoms with E-state index in [4.69, 9.17) is 5.26 Å². The molecule has 1 unspecified atom stereocenters. The van der Waals surface area contributed by atoms with Crippen molar-refractivity contribution >= 4 is 0 Å². The summed E-state index contributed by atoms with van der Waals surface area (Å²) in [6, 6.07) is 2.54. The van der Waals surface area contributed by atoms with Crippen molar-refractivity contribution in [3.8, 4) is 6.07 Å². The normalized spacial score (nSPS) is 28.2. The molecule has 1 rings (SSSR count). The molecular formula is C10H18N2. The summed E-state index contributed by atoms with van der Waals surface area (Å²) in [5, 5.41) is 8.88. The Bertz CT molecular complexity index is 160. The lowest BCUT2D eigenvalue weighted by atomic mass is 10.1. The average molecular weight is 166 g/mol. The smallest absolute Gasteiger partial charge is 0.0975 e. The predicted octanol–water partition coefficient (Wildman–Crippen LogP) is 2.16. The molecule has 0 aromatic heterocycles. The third-order valence-electron chi connectivity index (χ3n) is 2.67. The van der Waals surface area contributed by atoms with Crippen LogP contribution in [-0.4, -0.2) is 24.5 Å². The molecule has 0 saturated carbocycles. The minimum Gasteiger partial charge on any atom is -0.291 e. The van der Waals surface area contributed by atoms with Gasteiger partial charge in [-0.05, 0) is 26.4 Å². The second kappa shape index (κ2) is 5.16. The molecular weight excluding hydrogens is 148 g/mol. The first-order chi connectivity index (χ1) is 5.84. The van der Waals surface area contributed by atoms with E-state index in [1.54, 1.807) is 0 Å². The molecule has 0 spiro atoms. The molecule has 0 aliphatic carbocycles. The van der Waals surface area contributed by atoms with E-state index in [1.165, 1.54) is 32.1 Å². The topological polar surface area (TPSA) is 27.0 Å². The highest BCUT2D eigenvalue weighted by molar-refractivity contribution is 4.90. The van der Waals surface area contributed by atoms with E-state index in [0.717, 1.165) is 13.0 Å². The molecule has 1 atom stereocenters. The number of hydrogen-bond acceptors (Lipinski definition) is 2. The van der Waals surface area contributed by atoms with Crippen LogP contribution in [0.2, 0.25) is 0 Å². The first-order valence-electron chi connectivity index (χ1n) is 4.94. The zero-order valence-electron chi connectivity index (χ0n) is 7.92. The summed E-state index contributed by atoms with van der Waals surface area (Å²) in [5.74, 6) is 0. The Hall–Kier alpha value is -0.550. The molecule has 1 aliphatic heterocycles. The van der Waals surface area contributed by atoms with Crippen molar-refractivity contribution in [1.82, 2.24) is 4.90 Å². The van der Waals surface area contributed by atoms with Gasteiger partial charge < -0.3 is 0 Å². The molecule has 0 radical (unpaired) electrons. The van der Waals surface area contributed by atoms with Gasteiger partial charge in [-0.15, -0.1) is 0 Å². The molecule has 1 saturated heterocycles. The summed E-state index contributed by atoms with van der Waals surface area (Å²) in [5.41, 5.74) is 0. The first kappa shape index (κ1) is 9.54. The standard InChI is InChI=1S/C10H18N2/c1-12-8-6-4-2-3-5-7-10(12)9-11/h10H,2-8H2,1H3. The van der Waals surface area contributed by atoms with Gasteiger partial charge in [0, 0.05) is 0 Å². The molecule has 0 aromatic carbocycles. The van der Waals surface area contributed by atoms with Gasteiger partial charge in [-0.1, -0.05) is 25.7 Å². The average Bonchev–Trinajstić information content (AvgIpc) is 2.17. The van der Waals surface area contributed by atoms with Crippen molar-refractivity contribution in [3.63, 3.8) is 0 Å². The van der Waals surface area contributed by atoms with Crippen LogP contribution >= 0.6 is 0 Å². The van der Waals surface area contributed by atoms with Gasteiger partial charge in [0.2, 0.25) is 0 Å². The lowest BCUT2D eigenvalue weighted by Gasteiger charge is -2.20. The van der Waals surface area contributed by atoms with Crippen molar-refractivity contribution in [3.05, 3.63) is 0 Å². The third-order valence-corrected chi connectivity index (χ3v) is 2.67. The Labute approximate surface area is 75.2 Å². The Morgan fingerprint density at radius 1 is 1.17 bits per heavy atom. The minimum absolute atomic E-state index is 0.170. The Morgan fingerprint density at radius 3 is 2.58 bits per heavy atom. The van der Waals surface area contributed by atoms with E-state index >= 15 is 0 Å².